The minimum atomic E-state index is -2.28. The van der Waals surface area contributed by atoms with Crippen molar-refractivity contribution in [2.45, 2.75) is 102 Å². The number of rotatable bonds is 4. The number of aliphatic hydroxyl groups excluding tert-OH is 1. The van der Waals surface area contributed by atoms with Crippen LogP contribution in [0.2, 0.25) is 18.1 Å². The highest BCUT2D eigenvalue weighted by Gasteiger charge is 2.66. The molecule has 0 radical (unpaired) electrons. The predicted molar refractivity (Wildman–Crippen MR) is 103 cm³/mol. The van der Waals surface area contributed by atoms with Crippen LogP contribution in [0.3, 0.4) is 0 Å². The van der Waals surface area contributed by atoms with E-state index in [0.717, 1.165) is 0 Å². The molecule has 0 aromatic carbocycles. The molecule has 0 amide bonds. The Morgan fingerprint density at radius 2 is 1.68 bits per heavy atom. The zero-order chi connectivity index (χ0) is 21.7. The second-order valence-corrected chi connectivity index (χ2v) is 14.4. The van der Waals surface area contributed by atoms with Gasteiger partial charge in [-0.1, -0.05) is 20.8 Å². The first kappa shape index (κ1) is 23.3. The minimum absolute atomic E-state index is 0.0759. The lowest BCUT2D eigenvalue weighted by atomic mass is 9.77. The van der Waals surface area contributed by atoms with Crippen molar-refractivity contribution in [3.05, 3.63) is 0 Å². The molecule has 0 aromatic rings. The third kappa shape index (κ3) is 4.14. The Balaban J connectivity index is 2.51. The van der Waals surface area contributed by atoms with E-state index in [1.807, 2.05) is 0 Å². The third-order valence-corrected chi connectivity index (χ3v) is 10.4. The van der Waals surface area contributed by atoms with Gasteiger partial charge in [0.1, 0.15) is 18.3 Å². The molecule has 28 heavy (non-hydrogen) atoms. The van der Waals surface area contributed by atoms with E-state index < -0.39 is 56.1 Å². The summed E-state index contributed by atoms with van der Waals surface area (Å²) in [4.78, 5) is 24.5. The number of esters is 2. The lowest BCUT2D eigenvalue weighted by molar-refractivity contribution is -0.224. The molecule has 1 heterocycles. The predicted octanol–water partition coefficient (Wildman–Crippen LogP) is 2.14. The molecule has 2 fully saturated rings. The quantitative estimate of drug-likeness (QED) is 0.547. The molecular formula is C19H34O8Si. The minimum Gasteiger partial charge on any atom is -0.466 e. The van der Waals surface area contributed by atoms with Crippen LogP contribution >= 0.6 is 0 Å². The monoisotopic (exact) mass is 418 g/mol. The van der Waals surface area contributed by atoms with Crippen LogP contribution in [0.4, 0.5) is 0 Å². The number of hydrogen-bond donors (Lipinski definition) is 1. The normalized spacial score (nSPS) is 35.2. The van der Waals surface area contributed by atoms with Gasteiger partial charge >= 0.3 is 11.9 Å². The van der Waals surface area contributed by atoms with Crippen LogP contribution in [0.25, 0.3) is 0 Å². The number of ether oxygens (including phenoxy) is 4. The van der Waals surface area contributed by atoms with Gasteiger partial charge in [-0.2, -0.15) is 0 Å². The Morgan fingerprint density at radius 1 is 1.14 bits per heavy atom. The van der Waals surface area contributed by atoms with Gasteiger partial charge in [0.15, 0.2) is 14.1 Å². The first-order chi connectivity index (χ1) is 12.6. The largest absolute Gasteiger partial charge is 0.466 e. The lowest BCUT2D eigenvalue weighted by Gasteiger charge is -2.48. The molecule has 5 atom stereocenters. The van der Waals surface area contributed by atoms with Crippen LogP contribution in [-0.4, -0.2) is 68.3 Å². The average Bonchev–Trinajstić information content (AvgIpc) is 2.85. The molecule has 1 aliphatic heterocycles. The summed E-state index contributed by atoms with van der Waals surface area (Å²) in [6.45, 7) is 15.1. The molecule has 162 valence electrons. The fourth-order valence-electron chi connectivity index (χ4n) is 3.59. The topological polar surface area (TPSA) is 101 Å². The fraction of sp³-hybridized carbons (Fsp3) is 0.895. The van der Waals surface area contributed by atoms with Crippen LogP contribution in [-0.2, 0) is 33.0 Å². The van der Waals surface area contributed by atoms with Gasteiger partial charge in [0.25, 0.3) is 0 Å². The van der Waals surface area contributed by atoms with Crippen molar-refractivity contribution < 1.29 is 38.1 Å². The van der Waals surface area contributed by atoms with Crippen LogP contribution < -0.4 is 0 Å². The van der Waals surface area contributed by atoms with Crippen LogP contribution in [0.15, 0.2) is 0 Å². The SMILES string of the molecule is COC(=O)[C@@]1(OC(C)=O)C[C@@H](O[Si](C)(C)C(C)(C)C)[C@@H]2OC(C)(C)O[C@@H]2[C@@H]1O. The molecule has 0 spiro atoms. The van der Waals surface area contributed by atoms with Gasteiger partial charge in [-0.25, -0.2) is 4.79 Å². The summed E-state index contributed by atoms with van der Waals surface area (Å²) in [5, 5.41) is 10.9. The second kappa shape index (κ2) is 7.35. The molecule has 0 aromatic heterocycles. The van der Waals surface area contributed by atoms with Gasteiger partial charge in [0, 0.05) is 13.3 Å². The van der Waals surface area contributed by atoms with Crippen LogP contribution in [0.5, 0.6) is 0 Å². The smallest absolute Gasteiger partial charge is 0.353 e. The molecule has 1 aliphatic carbocycles. The van der Waals surface area contributed by atoms with E-state index in [1.165, 1.54) is 14.0 Å². The number of carbonyl (C=O) groups excluding carboxylic acids is 2. The summed E-state index contributed by atoms with van der Waals surface area (Å²) < 4.78 is 28.8. The Bertz CT molecular complexity index is 626. The number of methoxy groups -OCH3 is 1. The first-order valence-corrected chi connectivity index (χ1v) is 12.5. The van der Waals surface area contributed by atoms with Gasteiger partial charge in [0.2, 0.25) is 5.60 Å². The molecule has 2 rings (SSSR count). The second-order valence-electron chi connectivity index (χ2n) is 9.61. The lowest BCUT2D eigenvalue weighted by Crippen LogP contribution is -2.68. The molecule has 0 unspecified atom stereocenters. The van der Waals surface area contributed by atoms with Crippen molar-refractivity contribution in [3.8, 4) is 0 Å². The molecule has 0 bridgehead atoms. The Hall–Kier alpha value is -1.00. The molecule has 1 saturated carbocycles. The van der Waals surface area contributed by atoms with Crippen molar-refractivity contribution in [2.24, 2.45) is 0 Å². The summed E-state index contributed by atoms with van der Waals surface area (Å²) in [6.07, 6.45) is -3.65. The number of carbonyl (C=O) groups is 2. The van der Waals surface area contributed by atoms with E-state index in [2.05, 4.69) is 33.9 Å². The Morgan fingerprint density at radius 3 is 2.14 bits per heavy atom. The maximum atomic E-state index is 12.7. The fourth-order valence-corrected chi connectivity index (χ4v) is 4.92. The average molecular weight is 419 g/mol. The van der Waals surface area contributed by atoms with Crippen molar-refractivity contribution >= 4 is 20.3 Å². The zero-order valence-corrected chi connectivity index (χ0v) is 19.3. The van der Waals surface area contributed by atoms with Crippen molar-refractivity contribution in [2.75, 3.05) is 7.11 Å². The highest BCUT2D eigenvalue weighted by atomic mass is 28.4. The maximum absolute atomic E-state index is 12.7. The van der Waals surface area contributed by atoms with Gasteiger partial charge < -0.3 is 28.5 Å². The molecule has 1 saturated heterocycles. The molecule has 2 aliphatic rings. The van der Waals surface area contributed by atoms with E-state index in [1.54, 1.807) is 13.8 Å². The summed E-state index contributed by atoms with van der Waals surface area (Å²) in [5.74, 6) is -2.52. The standard InChI is InChI=1S/C19H34O8Si/c1-11(20)24-19(16(22)23-7)10-12(27-28(8,9)17(2,3)4)13-14(15(19)21)26-18(5,6)25-13/h12-15,21H,10H2,1-9H3/t12-,13+,14+,15+,19-/m1/s1. The van der Waals surface area contributed by atoms with Gasteiger partial charge in [-0.05, 0) is 32.0 Å². The van der Waals surface area contributed by atoms with Crippen molar-refractivity contribution in [1.82, 2.24) is 0 Å². The highest BCUT2D eigenvalue weighted by Crippen LogP contribution is 2.47. The summed E-state index contributed by atoms with van der Waals surface area (Å²) in [5.41, 5.74) is -1.92. The third-order valence-electron chi connectivity index (χ3n) is 5.93. The van der Waals surface area contributed by atoms with Gasteiger partial charge in [-0.15, -0.1) is 0 Å². The highest BCUT2D eigenvalue weighted by molar-refractivity contribution is 6.74. The Kier molecular flexibility index (Phi) is 6.11. The number of aliphatic hydroxyl groups is 1. The van der Waals surface area contributed by atoms with E-state index in [0.29, 0.717) is 0 Å². The Labute approximate surface area is 167 Å². The summed E-state index contributed by atoms with van der Waals surface area (Å²) >= 11 is 0. The maximum Gasteiger partial charge on any atom is 0.353 e. The molecule has 1 N–H and O–H groups in total. The summed E-state index contributed by atoms with van der Waals surface area (Å²) in [7, 11) is -1.09. The van der Waals surface area contributed by atoms with E-state index in [9.17, 15) is 14.7 Å². The van der Waals surface area contributed by atoms with E-state index in [4.69, 9.17) is 23.4 Å². The van der Waals surface area contributed by atoms with Gasteiger partial charge in [-0.3, -0.25) is 4.79 Å². The van der Waals surface area contributed by atoms with Crippen LogP contribution in [0, 0.1) is 0 Å². The molecular weight excluding hydrogens is 384 g/mol. The van der Waals surface area contributed by atoms with E-state index in [-0.39, 0.29) is 11.5 Å². The van der Waals surface area contributed by atoms with Crippen LogP contribution in [0.1, 0.15) is 48.0 Å². The molecule has 9 heteroatoms. The first-order valence-electron chi connectivity index (χ1n) is 9.56. The number of hydrogen-bond acceptors (Lipinski definition) is 8. The van der Waals surface area contributed by atoms with Crippen molar-refractivity contribution in [3.63, 3.8) is 0 Å². The number of fused-ring (bicyclic) bond motifs is 1. The van der Waals surface area contributed by atoms with Crippen molar-refractivity contribution in [1.29, 1.82) is 0 Å². The zero-order valence-electron chi connectivity index (χ0n) is 18.3. The van der Waals surface area contributed by atoms with E-state index >= 15 is 0 Å². The summed E-state index contributed by atoms with van der Waals surface area (Å²) in [6, 6.07) is 0. The van der Waals surface area contributed by atoms with Gasteiger partial charge in [0.05, 0.1) is 13.2 Å². The molecule has 8 nitrogen and oxygen atoms in total.